The summed E-state index contributed by atoms with van der Waals surface area (Å²) in [7, 11) is 0. The smallest absolute Gasteiger partial charge is 0.223 e. The van der Waals surface area contributed by atoms with Gasteiger partial charge in [0.1, 0.15) is 11.4 Å². The number of piperidine rings is 1. The van der Waals surface area contributed by atoms with Crippen molar-refractivity contribution in [2.24, 2.45) is 0 Å². The van der Waals surface area contributed by atoms with Crippen molar-refractivity contribution in [2.45, 2.75) is 51.6 Å². The molecule has 1 fully saturated rings. The van der Waals surface area contributed by atoms with E-state index in [0.29, 0.717) is 49.2 Å². The van der Waals surface area contributed by atoms with Gasteiger partial charge in [0.05, 0.1) is 12.0 Å². The normalized spacial score (nSPS) is 17.4. The third kappa shape index (κ3) is 4.02. The zero-order chi connectivity index (χ0) is 21.3. The van der Waals surface area contributed by atoms with Gasteiger partial charge in [0.25, 0.3) is 0 Å². The lowest BCUT2D eigenvalue weighted by atomic mass is 9.82. The summed E-state index contributed by atoms with van der Waals surface area (Å²) < 4.78 is 6.22. The highest BCUT2D eigenvalue weighted by atomic mass is 16.5. The monoisotopic (exact) mass is 405 g/mol. The second-order valence-corrected chi connectivity index (χ2v) is 8.48. The molecule has 0 radical (unpaired) electrons. The van der Waals surface area contributed by atoms with Gasteiger partial charge in [0.15, 0.2) is 11.6 Å². The zero-order valence-electron chi connectivity index (χ0n) is 17.6. The molecule has 1 saturated heterocycles. The van der Waals surface area contributed by atoms with Crippen LogP contribution in [0.4, 0.5) is 0 Å². The molecule has 0 atom stereocenters. The molecule has 5 heteroatoms. The Morgan fingerprint density at radius 3 is 2.47 bits per heavy atom. The topological polar surface area (TPSA) is 63.7 Å². The van der Waals surface area contributed by atoms with Crippen LogP contribution in [0.25, 0.3) is 0 Å². The predicted octanol–water partition coefficient (Wildman–Crippen LogP) is 4.29. The summed E-state index contributed by atoms with van der Waals surface area (Å²) in [5.74, 6) is 0.741. The molecule has 0 saturated carbocycles. The number of ether oxygens (including phenoxy) is 1. The first kappa shape index (κ1) is 20.3. The molecule has 2 aliphatic heterocycles. The van der Waals surface area contributed by atoms with Crippen molar-refractivity contribution < 1.29 is 19.1 Å². The first-order valence-electron chi connectivity index (χ1n) is 10.6. The number of carbonyl (C=O) groups excluding carboxylic acids is 3. The highest BCUT2D eigenvalue weighted by molar-refractivity contribution is 6.00. The van der Waals surface area contributed by atoms with Gasteiger partial charge in [-0.2, -0.15) is 0 Å². The molecule has 2 aromatic rings. The first-order valence-corrected chi connectivity index (χ1v) is 10.6. The second-order valence-electron chi connectivity index (χ2n) is 8.48. The van der Waals surface area contributed by atoms with Crippen molar-refractivity contribution in [3.63, 3.8) is 0 Å². The number of para-hydroxylation sites is 1. The molecule has 4 rings (SSSR count). The van der Waals surface area contributed by atoms with Gasteiger partial charge in [-0.3, -0.25) is 14.4 Å². The number of hydrogen-bond acceptors (Lipinski definition) is 4. The Labute approximate surface area is 177 Å². The van der Waals surface area contributed by atoms with Crippen LogP contribution in [0.3, 0.4) is 0 Å². The fourth-order valence-electron chi connectivity index (χ4n) is 4.32. The van der Waals surface area contributed by atoms with Gasteiger partial charge in [-0.05, 0) is 43.2 Å². The number of nitrogens with zero attached hydrogens (tertiary/aromatic N) is 1. The van der Waals surface area contributed by atoms with Crippen molar-refractivity contribution in [3.8, 4) is 5.75 Å². The number of Topliss-reactive ketones (excluding diaryl/α,β-unsaturated/α-hetero) is 2. The molecule has 0 N–H and O–H groups in total. The summed E-state index contributed by atoms with van der Waals surface area (Å²) in [4.78, 5) is 39.4. The van der Waals surface area contributed by atoms with E-state index in [1.165, 1.54) is 0 Å². The second kappa shape index (κ2) is 8.05. The molecule has 30 heavy (non-hydrogen) atoms. The van der Waals surface area contributed by atoms with E-state index in [4.69, 9.17) is 4.74 Å². The average molecular weight is 405 g/mol. The van der Waals surface area contributed by atoms with Crippen molar-refractivity contribution >= 4 is 17.5 Å². The van der Waals surface area contributed by atoms with Crippen molar-refractivity contribution in [1.29, 1.82) is 0 Å². The fourth-order valence-corrected chi connectivity index (χ4v) is 4.32. The summed E-state index contributed by atoms with van der Waals surface area (Å²) in [6.07, 6.45) is 2.04. The molecule has 0 bridgehead atoms. The van der Waals surface area contributed by atoms with Crippen molar-refractivity contribution in [3.05, 3.63) is 64.7 Å². The van der Waals surface area contributed by atoms with E-state index in [2.05, 4.69) is 0 Å². The molecular formula is C25H27NO4. The van der Waals surface area contributed by atoms with Crippen molar-refractivity contribution in [1.82, 2.24) is 4.90 Å². The van der Waals surface area contributed by atoms with Gasteiger partial charge >= 0.3 is 0 Å². The standard InChI is InChI=1S/C25H27NO4/c1-17-7-8-19(15-18(17)2)21(27)9-10-24(29)26-13-11-25(12-14-26)16-22(28)20-5-3-4-6-23(20)30-25/h3-8,15H,9-14,16H2,1-2H3. The first-order chi connectivity index (χ1) is 14.4. The van der Waals surface area contributed by atoms with Crippen LogP contribution >= 0.6 is 0 Å². The van der Waals surface area contributed by atoms with E-state index in [0.717, 1.165) is 11.1 Å². The van der Waals surface area contributed by atoms with Crippen LogP contribution in [0.5, 0.6) is 5.75 Å². The van der Waals surface area contributed by atoms with E-state index in [1.807, 2.05) is 50.2 Å². The molecule has 1 spiro atoms. The number of aryl methyl sites for hydroxylation is 2. The zero-order valence-corrected chi connectivity index (χ0v) is 17.6. The fraction of sp³-hybridized carbons (Fsp3) is 0.400. The Morgan fingerprint density at radius 1 is 1.00 bits per heavy atom. The number of rotatable bonds is 4. The number of benzene rings is 2. The van der Waals surface area contributed by atoms with Gasteiger partial charge in [0, 0.05) is 44.3 Å². The van der Waals surface area contributed by atoms with Crippen LogP contribution < -0.4 is 4.74 Å². The van der Waals surface area contributed by atoms with Crippen molar-refractivity contribution in [2.75, 3.05) is 13.1 Å². The van der Waals surface area contributed by atoms with E-state index in [1.54, 1.807) is 11.0 Å². The summed E-state index contributed by atoms with van der Waals surface area (Å²) in [6.45, 7) is 5.09. The molecular weight excluding hydrogens is 378 g/mol. The molecule has 5 nitrogen and oxygen atoms in total. The lowest BCUT2D eigenvalue weighted by molar-refractivity contribution is -0.134. The SMILES string of the molecule is Cc1ccc(C(=O)CCC(=O)N2CCC3(CC2)CC(=O)c2ccccc2O3)cc1C. The molecule has 0 aliphatic carbocycles. The highest BCUT2D eigenvalue weighted by Crippen LogP contribution is 2.39. The number of amides is 1. The lowest BCUT2D eigenvalue weighted by Gasteiger charge is -2.44. The maximum atomic E-state index is 12.7. The third-order valence-electron chi connectivity index (χ3n) is 6.42. The number of hydrogen-bond donors (Lipinski definition) is 0. The van der Waals surface area contributed by atoms with Crippen LogP contribution in [0.2, 0.25) is 0 Å². The van der Waals surface area contributed by atoms with E-state index in [9.17, 15) is 14.4 Å². The van der Waals surface area contributed by atoms with Gasteiger partial charge < -0.3 is 9.64 Å². The van der Waals surface area contributed by atoms with Gasteiger partial charge in [-0.15, -0.1) is 0 Å². The molecule has 2 aromatic carbocycles. The Morgan fingerprint density at radius 2 is 1.73 bits per heavy atom. The minimum Gasteiger partial charge on any atom is -0.486 e. The molecule has 0 unspecified atom stereocenters. The number of carbonyl (C=O) groups is 3. The van der Waals surface area contributed by atoms with Crippen LogP contribution in [0.15, 0.2) is 42.5 Å². The third-order valence-corrected chi connectivity index (χ3v) is 6.42. The summed E-state index contributed by atoms with van der Waals surface area (Å²) >= 11 is 0. The Balaban J connectivity index is 1.32. The lowest BCUT2D eigenvalue weighted by Crippen LogP contribution is -2.52. The molecule has 156 valence electrons. The Bertz CT molecular complexity index is 1000. The van der Waals surface area contributed by atoms with E-state index >= 15 is 0 Å². The number of ketones is 2. The maximum absolute atomic E-state index is 12.7. The molecule has 1 amide bonds. The van der Waals surface area contributed by atoms with E-state index < -0.39 is 5.60 Å². The average Bonchev–Trinajstić information content (AvgIpc) is 2.74. The van der Waals surface area contributed by atoms with Crippen LogP contribution in [-0.2, 0) is 4.79 Å². The van der Waals surface area contributed by atoms with Gasteiger partial charge in [-0.1, -0.05) is 24.3 Å². The number of likely N-dealkylation sites (tertiary alicyclic amines) is 1. The van der Waals surface area contributed by atoms with Crippen LogP contribution in [0, 0.1) is 13.8 Å². The van der Waals surface area contributed by atoms with Gasteiger partial charge in [0.2, 0.25) is 5.91 Å². The molecule has 2 aliphatic rings. The maximum Gasteiger partial charge on any atom is 0.223 e. The molecule has 0 aromatic heterocycles. The summed E-state index contributed by atoms with van der Waals surface area (Å²) in [5.41, 5.74) is 3.02. The minimum atomic E-state index is -0.516. The van der Waals surface area contributed by atoms with Crippen LogP contribution in [-0.4, -0.2) is 41.1 Å². The van der Waals surface area contributed by atoms with Crippen LogP contribution in [0.1, 0.15) is 63.9 Å². The minimum absolute atomic E-state index is 0.00209. The predicted molar refractivity (Wildman–Crippen MR) is 114 cm³/mol. The Hall–Kier alpha value is -2.95. The van der Waals surface area contributed by atoms with E-state index in [-0.39, 0.29) is 30.3 Å². The Kier molecular flexibility index (Phi) is 5.46. The molecule has 2 heterocycles. The van der Waals surface area contributed by atoms with Gasteiger partial charge in [-0.25, -0.2) is 0 Å². The largest absolute Gasteiger partial charge is 0.486 e. The number of fused-ring (bicyclic) bond motifs is 1. The highest BCUT2D eigenvalue weighted by Gasteiger charge is 2.43. The summed E-state index contributed by atoms with van der Waals surface area (Å²) in [5, 5.41) is 0. The quantitative estimate of drug-likeness (QED) is 0.712. The summed E-state index contributed by atoms with van der Waals surface area (Å²) in [6, 6.07) is 13.0.